The van der Waals surface area contributed by atoms with Crippen LogP contribution in [0, 0.1) is 0 Å². The van der Waals surface area contributed by atoms with Gasteiger partial charge >= 0.3 is 0 Å². The number of carbonyl (C=O) groups excluding carboxylic acids is 3. The Bertz CT molecular complexity index is 1140. The maximum Gasteiger partial charge on any atom is 0.273 e. The summed E-state index contributed by atoms with van der Waals surface area (Å²) in [5.74, 6) is -0.744. The number of halogens is 5. The molecule has 3 aromatic carbocycles. The fourth-order valence-electron chi connectivity index (χ4n) is 2.65. The molecule has 0 unspecified atom stereocenters. The summed E-state index contributed by atoms with van der Waals surface area (Å²) in [6, 6.07) is 22.5. The highest BCUT2D eigenvalue weighted by Crippen LogP contribution is 2.22. The average molecular weight is 623 g/mol. The maximum absolute atomic E-state index is 12.9. The first kappa shape index (κ1) is 32.9. The van der Waals surface area contributed by atoms with Gasteiger partial charge < -0.3 is 0 Å². The number of rotatable bonds is 3. The van der Waals surface area contributed by atoms with Gasteiger partial charge in [-0.25, -0.2) is 5.01 Å². The summed E-state index contributed by atoms with van der Waals surface area (Å²) in [7, 11) is 0. The topological polar surface area (TPSA) is 66.5 Å². The van der Waals surface area contributed by atoms with Gasteiger partial charge in [0.15, 0.2) is 0 Å². The number of hydrazine groups is 1. The molecule has 0 aliphatic carbocycles. The summed E-state index contributed by atoms with van der Waals surface area (Å²) < 4.78 is 0.663. The van der Waals surface area contributed by atoms with Gasteiger partial charge in [0, 0.05) is 10.0 Å². The summed E-state index contributed by atoms with van der Waals surface area (Å²) in [4.78, 5) is 35.9. The fourth-order valence-corrected chi connectivity index (χ4v) is 3.46. The second kappa shape index (κ2) is 15.1. The van der Waals surface area contributed by atoms with Crippen LogP contribution in [-0.4, -0.2) is 27.6 Å². The third-order valence-corrected chi connectivity index (χ3v) is 5.55. The molecule has 0 aliphatic heterocycles. The van der Waals surface area contributed by atoms with Gasteiger partial charge in [0.1, 0.15) is 0 Å². The molecule has 0 bridgehead atoms. The van der Waals surface area contributed by atoms with Crippen molar-refractivity contribution in [2.75, 3.05) is 0 Å². The highest BCUT2D eigenvalue weighted by atomic mass is 79.9. The largest absolute Gasteiger partial charge is 0.276 e. The highest BCUT2D eigenvalue weighted by Gasteiger charge is 2.30. The van der Waals surface area contributed by atoms with Crippen LogP contribution < -0.4 is 5.43 Å². The normalized spacial score (nSPS) is 9.89. The lowest BCUT2D eigenvalue weighted by Crippen LogP contribution is -2.56. The Morgan fingerprint density at radius 3 is 1.74 bits per heavy atom. The second-order valence-electron chi connectivity index (χ2n) is 7.85. The number of nitrogens with one attached hydrogen (secondary N) is 1. The standard InChI is InChI=1S/C18H18BrClN2O2.C7H5ClO.2ClH/c1-18(2,3)22(17(24)12-8-4-6-10-14(12)19)21-16(23)13-9-5-7-11-15(13)20;8-7(9)6-4-2-1-3-5-6;;/h4-11H,1-3H3,(H,21,23);1-5H;2*1H. The first-order valence-electron chi connectivity index (χ1n) is 9.92. The third-order valence-electron chi connectivity index (χ3n) is 4.31. The van der Waals surface area contributed by atoms with Crippen molar-refractivity contribution in [2.24, 2.45) is 0 Å². The molecule has 1 N–H and O–H groups in total. The SMILES string of the molecule is CC(C)(C)N(NC(=O)c1ccccc1Cl)C(=O)c1ccccc1Br.Cl.Cl.O=C(Cl)c1ccccc1. The van der Waals surface area contributed by atoms with E-state index >= 15 is 0 Å². The first-order chi connectivity index (χ1) is 15.5. The van der Waals surface area contributed by atoms with Crippen LogP contribution >= 0.6 is 63.9 Å². The zero-order valence-corrected chi connectivity index (χ0v) is 23.9. The number of hydrogen-bond acceptors (Lipinski definition) is 3. The molecule has 0 aromatic heterocycles. The van der Waals surface area contributed by atoms with Gasteiger partial charge in [0.2, 0.25) is 0 Å². The van der Waals surface area contributed by atoms with Crippen LogP contribution in [0.5, 0.6) is 0 Å². The molecule has 0 radical (unpaired) electrons. The van der Waals surface area contributed by atoms with Crippen LogP contribution in [0.15, 0.2) is 83.3 Å². The molecule has 3 aromatic rings. The van der Waals surface area contributed by atoms with Gasteiger partial charge in [-0.05, 0) is 72.6 Å². The summed E-state index contributed by atoms with van der Waals surface area (Å²) in [5, 5.41) is 1.24. The predicted molar refractivity (Wildman–Crippen MR) is 150 cm³/mol. The van der Waals surface area contributed by atoms with Crippen molar-refractivity contribution < 1.29 is 14.4 Å². The smallest absolute Gasteiger partial charge is 0.273 e. The number of benzene rings is 3. The highest BCUT2D eigenvalue weighted by molar-refractivity contribution is 9.10. The van der Waals surface area contributed by atoms with Gasteiger partial charge in [0.05, 0.1) is 21.7 Å². The van der Waals surface area contributed by atoms with E-state index in [9.17, 15) is 14.4 Å². The monoisotopic (exact) mass is 620 g/mol. The van der Waals surface area contributed by atoms with Crippen molar-refractivity contribution in [1.82, 2.24) is 10.4 Å². The molecule has 35 heavy (non-hydrogen) atoms. The van der Waals surface area contributed by atoms with Crippen LogP contribution in [0.3, 0.4) is 0 Å². The number of amides is 2. The molecule has 188 valence electrons. The van der Waals surface area contributed by atoms with Crippen molar-refractivity contribution in [3.05, 3.63) is 105 Å². The van der Waals surface area contributed by atoms with Gasteiger partial charge in [-0.3, -0.25) is 19.8 Å². The zero-order valence-electron chi connectivity index (χ0n) is 19.1. The van der Waals surface area contributed by atoms with E-state index in [0.717, 1.165) is 0 Å². The molecular formula is C25H25BrCl4N2O3. The molecular weight excluding hydrogens is 598 g/mol. The summed E-state index contributed by atoms with van der Waals surface area (Å²) in [5.41, 5.74) is 3.38. The van der Waals surface area contributed by atoms with E-state index in [-0.39, 0.29) is 30.7 Å². The molecule has 0 saturated heterocycles. The minimum atomic E-state index is -0.622. The van der Waals surface area contributed by atoms with E-state index in [4.69, 9.17) is 23.2 Å². The number of nitrogens with zero attached hydrogens (tertiary/aromatic N) is 1. The molecule has 5 nitrogen and oxygen atoms in total. The number of carbonyl (C=O) groups is 3. The molecule has 0 spiro atoms. The Hall–Kier alpha value is -2.09. The predicted octanol–water partition coefficient (Wildman–Crippen LogP) is 7.60. The van der Waals surface area contributed by atoms with Crippen molar-refractivity contribution >= 4 is 81.0 Å². The second-order valence-corrected chi connectivity index (χ2v) is 9.46. The van der Waals surface area contributed by atoms with Crippen LogP contribution in [0.1, 0.15) is 51.8 Å². The minimum absolute atomic E-state index is 0. The third kappa shape index (κ3) is 9.82. The molecule has 0 atom stereocenters. The van der Waals surface area contributed by atoms with E-state index < -0.39 is 16.7 Å². The molecule has 2 amide bonds. The van der Waals surface area contributed by atoms with E-state index in [2.05, 4.69) is 21.4 Å². The van der Waals surface area contributed by atoms with Crippen molar-refractivity contribution in [1.29, 1.82) is 0 Å². The van der Waals surface area contributed by atoms with Gasteiger partial charge in [-0.15, -0.1) is 24.8 Å². The molecule has 0 fully saturated rings. The van der Waals surface area contributed by atoms with Gasteiger partial charge in [-0.2, -0.15) is 0 Å². The van der Waals surface area contributed by atoms with E-state index in [1.165, 1.54) is 5.01 Å². The van der Waals surface area contributed by atoms with Gasteiger partial charge in [0.25, 0.3) is 17.1 Å². The van der Waals surface area contributed by atoms with E-state index in [1.54, 1.807) is 66.7 Å². The molecule has 0 heterocycles. The molecule has 0 saturated carbocycles. The lowest BCUT2D eigenvalue weighted by Gasteiger charge is -2.35. The Morgan fingerprint density at radius 1 is 0.800 bits per heavy atom. The van der Waals surface area contributed by atoms with Crippen molar-refractivity contribution in [3.8, 4) is 0 Å². The van der Waals surface area contributed by atoms with Gasteiger partial charge in [-0.1, -0.05) is 66.2 Å². The molecule has 10 heteroatoms. The summed E-state index contributed by atoms with van der Waals surface area (Å²) >= 11 is 14.6. The molecule has 0 aliphatic rings. The van der Waals surface area contributed by atoms with E-state index in [0.29, 0.717) is 26.2 Å². The number of hydrogen-bond donors (Lipinski definition) is 1. The lowest BCUT2D eigenvalue weighted by atomic mass is 10.1. The zero-order chi connectivity index (χ0) is 24.6. The molecule has 3 rings (SSSR count). The first-order valence-corrected chi connectivity index (χ1v) is 11.5. The Labute approximate surface area is 236 Å². The quantitative estimate of drug-likeness (QED) is 0.242. The fraction of sp³-hybridized carbons (Fsp3) is 0.160. The Morgan fingerprint density at radius 2 is 1.29 bits per heavy atom. The summed E-state index contributed by atoms with van der Waals surface area (Å²) in [6.07, 6.45) is 0. The van der Waals surface area contributed by atoms with Crippen molar-refractivity contribution in [3.63, 3.8) is 0 Å². The maximum atomic E-state index is 12.9. The average Bonchev–Trinajstić information content (AvgIpc) is 2.78. The Kier molecular flexibility index (Phi) is 14.2. The van der Waals surface area contributed by atoms with E-state index in [1.807, 2.05) is 32.9 Å². The minimum Gasteiger partial charge on any atom is -0.276 e. The van der Waals surface area contributed by atoms with Crippen LogP contribution in [0.25, 0.3) is 0 Å². The van der Waals surface area contributed by atoms with Crippen LogP contribution in [0.4, 0.5) is 0 Å². The van der Waals surface area contributed by atoms with Crippen LogP contribution in [-0.2, 0) is 0 Å². The van der Waals surface area contributed by atoms with Crippen LogP contribution in [0.2, 0.25) is 5.02 Å². The Balaban J connectivity index is 0.000000890. The summed E-state index contributed by atoms with van der Waals surface area (Å²) in [6.45, 7) is 5.53. The lowest BCUT2D eigenvalue weighted by molar-refractivity contribution is 0.0358. The van der Waals surface area contributed by atoms with Crippen molar-refractivity contribution in [2.45, 2.75) is 26.3 Å².